The maximum atomic E-state index is 10.9. The molecule has 0 fully saturated rings. The van der Waals surface area contributed by atoms with E-state index < -0.39 is 5.41 Å². The van der Waals surface area contributed by atoms with Crippen LogP contribution in [-0.4, -0.2) is 12.6 Å². The van der Waals surface area contributed by atoms with Gasteiger partial charge in [0, 0.05) is 11.8 Å². The lowest BCUT2D eigenvalue weighted by atomic mass is 9.79. The van der Waals surface area contributed by atoms with E-state index in [1.165, 1.54) is 0 Å². The first-order chi connectivity index (χ1) is 6.24. The van der Waals surface area contributed by atoms with Gasteiger partial charge in [-0.3, -0.25) is 0 Å². The van der Waals surface area contributed by atoms with Gasteiger partial charge >= 0.3 is 0 Å². The summed E-state index contributed by atoms with van der Waals surface area (Å²) < 4.78 is 0. The van der Waals surface area contributed by atoms with Crippen LogP contribution >= 0.6 is 0 Å². The second-order valence-corrected chi connectivity index (χ2v) is 3.17. The molecule has 0 saturated heterocycles. The molecule has 13 heavy (non-hydrogen) atoms. The maximum absolute atomic E-state index is 10.9. The first-order valence-corrected chi connectivity index (χ1v) is 4.36. The molecule has 0 aromatic rings. The van der Waals surface area contributed by atoms with E-state index in [0.29, 0.717) is 25.7 Å². The monoisotopic (exact) mass is 180 g/mol. The molecule has 0 aliphatic carbocycles. The Bertz CT molecular complexity index is 184. The zero-order chi connectivity index (χ0) is 10.2. The van der Waals surface area contributed by atoms with Gasteiger partial charge in [-0.1, -0.05) is 12.2 Å². The summed E-state index contributed by atoms with van der Waals surface area (Å²) in [7, 11) is 0. The molecule has 0 aliphatic rings. The van der Waals surface area contributed by atoms with Crippen LogP contribution in [0.4, 0.5) is 0 Å². The zero-order valence-corrected chi connectivity index (χ0v) is 7.87. The van der Waals surface area contributed by atoms with Crippen molar-refractivity contribution < 1.29 is 9.59 Å². The van der Waals surface area contributed by atoms with E-state index in [9.17, 15) is 9.59 Å². The van der Waals surface area contributed by atoms with E-state index in [1.807, 2.05) is 0 Å². The number of rotatable bonds is 8. The molecule has 0 N–H and O–H groups in total. The van der Waals surface area contributed by atoms with E-state index in [4.69, 9.17) is 0 Å². The summed E-state index contributed by atoms with van der Waals surface area (Å²) >= 11 is 0. The van der Waals surface area contributed by atoms with Gasteiger partial charge in [-0.2, -0.15) is 0 Å². The Morgan fingerprint density at radius 1 is 1.08 bits per heavy atom. The molecule has 0 saturated carbocycles. The number of carbonyl (C=O) groups is 2. The van der Waals surface area contributed by atoms with Crippen LogP contribution in [0, 0.1) is 5.41 Å². The van der Waals surface area contributed by atoms with Crippen molar-refractivity contribution in [3.8, 4) is 0 Å². The number of allylic oxidation sites excluding steroid dienone is 2. The third kappa shape index (κ3) is 3.83. The zero-order valence-electron chi connectivity index (χ0n) is 7.87. The second kappa shape index (κ2) is 6.35. The highest BCUT2D eigenvalue weighted by Crippen LogP contribution is 2.30. The van der Waals surface area contributed by atoms with Gasteiger partial charge in [0.25, 0.3) is 0 Å². The van der Waals surface area contributed by atoms with E-state index in [0.717, 1.165) is 12.6 Å². The molecule has 0 aromatic carbocycles. The Hall–Kier alpha value is -1.18. The van der Waals surface area contributed by atoms with Gasteiger partial charge in [0.1, 0.15) is 12.6 Å². The second-order valence-electron chi connectivity index (χ2n) is 3.17. The summed E-state index contributed by atoms with van der Waals surface area (Å²) in [5.41, 5.74) is -0.454. The molecule has 0 amide bonds. The van der Waals surface area contributed by atoms with Crippen LogP contribution in [-0.2, 0) is 9.59 Å². The average molecular weight is 180 g/mol. The average Bonchev–Trinajstić information content (AvgIpc) is 2.15. The molecule has 0 radical (unpaired) electrons. The molecule has 0 aliphatic heterocycles. The van der Waals surface area contributed by atoms with Crippen molar-refractivity contribution in [2.24, 2.45) is 5.41 Å². The lowest BCUT2D eigenvalue weighted by Gasteiger charge is -2.24. The molecule has 2 heteroatoms. The Labute approximate surface area is 79.3 Å². The summed E-state index contributed by atoms with van der Waals surface area (Å²) in [5, 5.41) is 0. The Kier molecular flexibility index (Phi) is 5.77. The van der Waals surface area contributed by atoms with Crippen LogP contribution in [0.15, 0.2) is 25.3 Å². The first kappa shape index (κ1) is 11.8. The molecule has 0 atom stereocenters. The van der Waals surface area contributed by atoms with Gasteiger partial charge in [0.05, 0.1) is 0 Å². The highest BCUT2D eigenvalue weighted by atomic mass is 16.1. The summed E-state index contributed by atoms with van der Waals surface area (Å²) in [6.45, 7) is 7.20. The van der Waals surface area contributed by atoms with Crippen molar-refractivity contribution in [1.82, 2.24) is 0 Å². The predicted octanol–water partition coefficient (Wildman–Crippen LogP) is 2.30. The van der Waals surface area contributed by atoms with Crippen LogP contribution < -0.4 is 0 Å². The molecule has 0 aromatic heterocycles. The predicted molar refractivity (Wildman–Crippen MR) is 53.4 cm³/mol. The topological polar surface area (TPSA) is 34.1 Å². The molecule has 0 spiro atoms. The lowest BCUT2D eigenvalue weighted by molar-refractivity contribution is -0.117. The molecule has 72 valence electrons. The molecule has 0 bridgehead atoms. The third-order valence-electron chi connectivity index (χ3n) is 2.11. The van der Waals surface area contributed by atoms with Crippen molar-refractivity contribution in [3.05, 3.63) is 25.3 Å². The summed E-state index contributed by atoms with van der Waals surface area (Å²) in [6.07, 6.45) is 7.39. The van der Waals surface area contributed by atoms with Crippen LogP contribution in [0.3, 0.4) is 0 Å². The Balaban J connectivity index is 4.40. The highest BCUT2D eigenvalue weighted by Gasteiger charge is 2.25. The number of aldehydes is 2. The maximum Gasteiger partial charge on any atom is 0.126 e. The van der Waals surface area contributed by atoms with E-state index >= 15 is 0 Å². The van der Waals surface area contributed by atoms with Gasteiger partial charge in [-0.25, -0.2) is 0 Å². The third-order valence-corrected chi connectivity index (χ3v) is 2.11. The number of hydrogen-bond acceptors (Lipinski definition) is 2. The number of hydrogen-bond donors (Lipinski definition) is 0. The van der Waals surface area contributed by atoms with Gasteiger partial charge in [-0.15, -0.1) is 13.2 Å². The standard InChI is InChI=1S/C11H16O2/c1-3-6-11(10-13,7-4-2)8-5-9-12/h3-4,9-10H,1-2,5-8H2. The minimum atomic E-state index is -0.454. The van der Waals surface area contributed by atoms with Gasteiger partial charge in [0.15, 0.2) is 0 Å². The SMILES string of the molecule is C=CCC(C=O)(CC=C)CCC=O. The van der Waals surface area contributed by atoms with Gasteiger partial charge in [0.2, 0.25) is 0 Å². The Morgan fingerprint density at radius 2 is 1.62 bits per heavy atom. The molecule has 2 nitrogen and oxygen atoms in total. The van der Waals surface area contributed by atoms with E-state index in [2.05, 4.69) is 13.2 Å². The highest BCUT2D eigenvalue weighted by molar-refractivity contribution is 5.61. The largest absolute Gasteiger partial charge is 0.303 e. The van der Waals surface area contributed by atoms with E-state index in [-0.39, 0.29) is 0 Å². The van der Waals surface area contributed by atoms with Crippen LogP contribution in [0.1, 0.15) is 25.7 Å². The number of carbonyl (C=O) groups excluding carboxylic acids is 2. The van der Waals surface area contributed by atoms with Crippen molar-refractivity contribution in [2.75, 3.05) is 0 Å². The molecule has 0 heterocycles. The summed E-state index contributed by atoms with van der Waals surface area (Å²) in [6, 6.07) is 0. The normalized spacial score (nSPS) is 10.5. The molecule has 0 unspecified atom stereocenters. The van der Waals surface area contributed by atoms with Crippen molar-refractivity contribution in [3.63, 3.8) is 0 Å². The Morgan fingerprint density at radius 3 is 1.92 bits per heavy atom. The molecular formula is C11H16O2. The molecular weight excluding hydrogens is 164 g/mol. The quantitative estimate of drug-likeness (QED) is 0.424. The van der Waals surface area contributed by atoms with Crippen LogP contribution in [0.2, 0.25) is 0 Å². The lowest BCUT2D eigenvalue weighted by Crippen LogP contribution is -2.21. The van der Waals surface area contributed by atoms with Crippen molar-refractivity contribution >= 4 is 12.6 Å². The van der Waals surface area contributed by atoms with Crippen molar-refractivity contribution in [2.45, 2.75) is 25.7 Å². The van der Waals surface area contributed by atoms with Gasteiger partial charge in [-0.05, 0) is 19.3 Å². The summed E-state index contributed by atoms with van der Waals surface area (Å²) in [4.78, 5) is 21.1. The smallest absolute Gasteiger partial charge is 0.126 e. The van der Waals surface area contributed by atoms with Gasteiger partial charge < -0.3 is 9.59 Å². The molecule has 0 rings (SSSR count). The first-order valence-electron chi connectivity index (χ1n) is 4.36. The summed E-state index contributed by atoms with van der Waals surface area (Å²) in [5.74, 6) is 0. The fourth-order valence-corrected chi connectivity index (χ4v) is 1.36. The van der Waals surface area contributed by atoms with Crippen LogP contribution in [0.25, 0.3) is 0 Å². The van der Waals surface area contributed by atoms with Crippen LogP contribution in [0.5, 0.6) is 0 Å². The van der Waals surface area contributed by atoms with E-state index in [1.54, 1.807) is 12.2 Å². The van der Waals surface area contributed by atoms with Crippen molar-refractivity contribution in [1.29, 1.82) is 0 Å². The fourth-order valence-electron chi connectivity index (χ4n) is 1.36. The fraction of sp³-hybridized carbons (Fsp3) is 0.455. The minimum Gasteiger partial charge on any atom is -0.303 e. The minimum absolute atomic E-state index is 0.417.